The molecule has 6 nitrogen and oxygen atoms in total. The van der Waals surface area contributed by atoms with Gasteiger partial charge in [0.2, 0.25) is 5.91 Å². The van der Waals surface area contributed by atoms with Gasteiger partial charge >= 0.3 is 0 Å². The molecule has 0 atom stereocenters. The maximum absolute atomic E-state index is 12.9. The molecule has 3 aromatic rings. The van der Waals surface area contributed by atoms with Crippen molar-refractivity contribution in [2.45, 2.75) is 32.6 Å². The van der Waals surface area contributed by atoms with Gasteiger partial charge in [0.05, 0.1) is 5.69 Å². The first-order valence-electron chi connectivity index (χ1n) is 10.8. The van der Waals surface area contributed by atoms with E-state index in [9.17, 15) is 4.79 Å². The second kappa shape index (κ2) is 7.94. The summed E-state index contributed by atoms with van der Waals surface area (Å²) in [4.78, 5) is 21.9. The molecule has 0 unspecified atom stereocenters. The van der Waals surface area contributed by atoms with Crippen LogP contribution in [-0.2, 0) is 17.6 Å². The topological polar surface area (TPSA) is 53.7 Å². The first-order chi connectivity index (χ1) is 14.7. The van der Waals surface area contributed by atoms with Gasteiger partial charge in [0.15, 0.2) is 5.82 Å². The number of anilines is 1. The van der Waals surface area contributed by atoms with E-state index in [0.29, 0.717) is 13.1 Å². The van der Waals surface area contributed by atoms with Gasteiger partial charge in [-0.2, -0.15) is 5.10 Å². The summed E-state index contributed by atoms with van der Waals surface area (Å²) in [6, 6.07) is 10.0. The van der Waals surface area contributed by atoms with Crippen LogP contribution in [0.4, 0.5) is 5.82 Å². The molecule has 1 aliphatic heterocycles. The number of hydrogen-bond donors (Lipinski definition) is 0. The van der Waals surface area contributed by atoms with Gasteiger partial charge in [0, 0.05) is 49.7 Å². The highest BCUT2D eigenvalue weighted by Crippen LogP contribution is 2.30. The number of carbonyl (C=O) groups is 1. The summed E-state index contributed by atoms with van der Waals surface area (Å²) in [5, 5.41) is 4.79. The molecule has 0 saturated carbocycles. The lowest BCUT2D eigenvalue weighted by atomic mass is 9.97. The molecule has 1 fully saturated rings. The van der Waals surface area contributed by atoms with E-state index in [1.165, 1.54) is 24.1 Å². The van der Waals surface area contributed by atoms with Crippen LogP contribution in [0.25, 0.3) is 11.6 Å². The van der Waals surface area contributed by atoms with E-state index < -0.39 is 0 Å². The molecule has 1 saturated heterocycles. The van der Waals surface area contributed by atoms with Crippen LogP contribution in [0.5, 0.6) is 0 Å². The zero-order valence-electron chi connectivity index (χ0n) is 17.4. The number of hydrogen-bond acceptors (Lipinski definition) is 4. The minimum Gasteiger partial charge on any atom is -0.351 e. The van der Waals surface area contributed by atoms with E-state index >= 15 is 0 Å². The normalized spacial score (nSPS) is 17.3. The average molecular weight is 402 g/mol. The van der Waals surface area contributed by atoms with E-state index in [-0.39, 0.29) is 5.91 Å². The number of fused-ring (bicyclic) bond motifs is 3. The quantitative estimate of drug-likeness (QED) is 0.632. The second-order valence-electron chi connectivity index (χ2n) is 8.19. The summed E-state index contributed by atoms with van der Waals surface area (Å²) in [6.07, 6.45) is 10.3. The Morgan fingerprint density at radius 3 is 2.60 bits per heavy atom. The second-order valence-corrected chi connectivity index (χ2v) is 8.19. The lowest BCUT2D eigenvalue weighted by molar-refractivity contribution is -0.127. The molecule has 5 rings (SSSR count). The highest BCUT2D eigenvalue weighted by atomic mass is 16.2. The van der Waals surface area contributed by atoms with Gasteiger partial charge in [0.1, 0.15) is 5.52 Å². The highest BCUT2D eigenvalue weighted by Gasteiger charge is 2.26. The number of aromatic nitrogens is 3. The van der Waals surface area contributed by atoms with Gasteiger partial charge in [-0.3, -0.25) is 4.79 Å². The van der Waals surface area contributed by atoms with E-state index in [0.717, 1.165) is 48.4 Å². The molecule has 1 aromatic carbocycles. The van der Waals surface area contributed by atoms with Crippen molar-refractivity contribution in [3.63, 3.8) is 0 Å². The number of aryl methyl sites for hydroxylation is 2. The highest BCUT2D eigenvalue weighted by molar-refractivity contribution is 5.97. The van der Waals surface area contributed by atoms with Gasteiger partial charge in [-0.25, -0.2) is 9.50 Å². The molecule has 1 amide bonds. The zero-order valence-corrected chi connectivity index (χ0v) is 17.4. The Morgan fingerprint density at radius 2 is 1.80 bits per heavy atom. The van der Waals surface area contributed by atoms with Gasteiger partial charge < -0.3 is 9.80 Å². The molecule has 2 aromatic heterocycles. The Hall–Kier alpha value is -3.15. The van der Waals surface area contributed by atoms with Gasteiger partial charge in [-0.1, -0.05) is 30.3 Å². The Kier molecular flexibility index (Phi) is 4.99. The van der Waals surface area contributed by atoms with Crippen molar-refractivity contribution in [2.24, 2.45) is 0 Å². The first kappa shape index (κ1) is 18.9. The van der Waals surface area contributed by atoms with E-state index in [1.807, 2.05) is 65.1 Å². The van der Waals surface area contributed by atoms with Crippen LogP contribution in [0.3, 0.4) is 0 Å². The monoisotopic (exact) mass is 401 g/mol. The Morgan fingerprint density at radius 1 is 1.03 bits per heavy atom. The lowest BCUT2D eigenvalue weighted by Crippen LogP contribution is -2.49. The molecule has 30 heavy (non-hydrogen) atoms. The van der Waals surface area contributed by atoms with Gasteiger partial charge in [-0.05, 0) is 44.2 Å². The fourth-order valence-electron chi connectivity index (χ4n) is 4.61. The van der Waals surface area contributed by atoms with Crippen LogP contribution >= 0.6 is 0 Å². The molecule has 0 radical (unpaired) electrons. The average Bonchev–Trinajstić information content (AvgIpc) is 3.18. The van der Waals surface area contributed by atoms with E-state index in [4.69, 9.17) is 10.1 Å². The molecule has 0 N–H and O–H groups in total. The summed E-state index contributed by atoms with van der Waals surface area (Å²) >= 11 is 0. The van der Waals surface area contributed by atoms with Crippen LogP contribution in [-0.4, -0.2) is 51.6 Å². The van der Waals surface area contributed by atoms with Crippen LogP contribution in [0.15, 0.2) is 48.3 Å². The molecular formula is C24H27N5O. The third kappa shape index (κ3) is 3.47. The number of nitrogens with zero attached hydrogens (tertiary/aromatic N) is 5. The van der Waals surface area contributed by atoms with Crippen LogP contribution < -0.4 is 4.90 Å². The third-order valence-corrected chi connectivity index (χ3v) is 6.19. The standard InChI is InChI=1S/C24H27N5O/c1-18(17-19-7-3-2-4-8-19)24(30)28-15-13-27(14-16-28)23-22-20-9-5-6-10-21(20)26-29(22)12-11-25-23/h2-4,7-8,11-12,17H,5-6,9-10,13-16H2,1H3/b18-17+. The van der Waals surface area contributed by atoms with Crippen LogP contribution in [0, 0.1) is 0 Å². The number of amides is 1. The molecular weight excluding hydrogens is 374 g/mol. The Balaban J connectivity index is 1.32. The smallest absolute Gasteiger partial charge is 0.249 e. The molecule has 0 bridgehead atoms. The molecule has 6 heteroatoms. The Labute approximate surface area is 176 Å². The number of carbonyl (C=O) groups excluding carboxylic acids is 1. The lowest BCUT2D eigenvalue weighted by Gasteiger charge is -2.36. The summed E-state index contributed by atoms with van der Waals surface area (Å²) in [5.74, 6) is 1.13. The van der Waals surface area contributed by atoms with Crippen molar-refractivity contribution in [2.75, 3.05) is 31.1 Å². The molecule has 3 heterocycles. The minimum absolute atomic E-state index is 0.117. The third-order valence-electron chi connectivity index (χ3n) is 6.19. The van der Waals surface area contributed by atoms with Crippen molar-refractivity contribution in [1.29, 1.82) is 0 Å². The fraction of sp³-hybridized carbons (Fsp3) is 0.375. The maximum atomic E-state index is 12.9. The van der Waals surface area contributed by atoms with E-state index in [2.05, 4.69) is 4.90 Å². The largest absolute Gasteiger partial charge is 0.351 e. The van der Waals surface area contributed by atoms with Crippen molar-refractivity contribution < 1.29 is 4.79 Å². The van der Waals surface area contributed by atoms with Crippen molar-refractivity contribution in [3.05, 3.63) is 65.1 Å². The summed E-state index contributed by atoms with van der Waals surface area (Å²) in [7, 11) is 0. The minimum atomic E-state index is 0.117. The van der Waals surface area contributed by atoms with Crippen molar-refractivity contribution in [3.8, 4) is 0 Å². The van der Waals surface area contributed by atoms with Crippen molar-refractivity contribution >= 4 is 23.3 Å². The van der Waals surface area contributed by atoms with Crippen LogP contribution in [0.2, 0.25) is 0 Å². The summed E-state index contributed by atoms with van der Waals surface area (Å²) < 4.78 is 2.00. The number of rotatable bonds is 3. The van der Waals surface area contributed by atoms with Crippen molar-refractivity contribution in [1.82, 2.24) is 19.5 Å². The van der Waals surface area contributed by atoms with Gasteiger partial charge in [0.25, 0.3) is 0 Å². The molecule has 2 aliphatic rings. The fourth-order valence-corrected chi connectivity index (χ4v) is 4.61. The summed E-state index contributed by atoms with van der Waals surface area (Å²) in [5.41, 5.74) is 5.59. The SMILES string of the molecule is C/C(=C\c1ccccc1)C(=O)N1CCN(c2nccn3nc4c(c23)CCCC4)CC1. The molecule has 154 valence electrons. The summed E-state index contributed by atoms with van der Waals surface area (Å²) in [6.45, 7) is 4.90. The predicted octanol–water partition coefficient (Wildman–Crippen LogP) is 3.36. The van der Waals surface area contributed by atoms with Crippen LogP contribution in [0.1, 0.15) is 36.6 Å². The predicted molar refractivity (Wildman–Crippen MR) is 119 cm³/mol. The first-order valence-corrected chi connectivity index (χ1v) is 10.8. The van der Waals surface area contributed by atoms with Gasteiger partial charge in [-0.15, -0.1) is 0 Å². The molecule has 0 spiro atoms. The number of benzene rings is 1. The van der Waals surface area contributed by atoms with E-state index in [1.54, 1.807) is 0 Å². The maximum Gasteiger partial charge on any atom is 0.249 e. The Bertz CT molecular complexity index is 1090. The number of piperazine rings is 1. The molecule has 1 aliphatic carbocycles. The zero-order chi connectivity index (χ0) is 20.5.